The zero-order chi connectivity index (χ0) is 16.1. The SMILES string of the molecule is CCC[C@]12CC3CC(C(N)=O)(CC[C@](c4ccccc4)(C3)C1)C2.[HH]. The van der Waals surface area contributed by atoms with E-state index in [0.717, 1.165) is 25.7 Å². The van der Waals surface area contributed by atoms with E-state index in [0.29, 0.717) is 11.3 Å². The highest BCUT2D eigenvalue weighted by atomic mass is 16.1. The molecule has 126 valence electrons. The predicted molar refractivity (Wildman–Crippen MR) is 95.0 cm³/mol. The van der Waals surface area contributed by atoms with Crippen molar-refractivity contribution in [2.45, 2.75) is 70.1 Å². The summed E-state index contributed by atoms with van der Waals surface area (Å²) >= 11 is 0. The Morgan fingerprint density at radius 1 is 1.17 bits per heavy atom. The molecule has 0 heterocycles. The maximum absolute atomic E-state index is 12.4. The van der Waals surface area contributed by atoms with Crippen LogP contribution in [0.5, 0.6) is 0 Å². The molecular weight excluding hydrogens is 282 g/mol. The van der Waals surface area contributed by atoms with Crippen LogP contribution < -0.4 is 5.73 Å². The monoisotopic (exact) mass is 313 g/mol. The topological polar surface area (TPSA) is 43.1 Å². The molecule has 1 aromatic carbocycles. The van der Waals surface area contributed by atoms with Crippen molar-refractivity contribution >= 4 is 5.91 Å². The van der Waals surface area contributed by atoms with E-state index >= 15 is 0 Å². The Hall–Kier alpha value is -1.31. The summed E-state index contributed by atoms with van der Waals surface area (Å²) in [6, 6.07) is 11.1. The molecule has 2 unspecified atom stereocenters. The smallest absolute Gasteiger partial charge is 0.223 e. The third kappa shape index (κ3) is 2.25. The standard InChI is InChI=1S/C21H29NO.H2/c1-2-8-19-11-16-12-20(14-19,17-6-4-3-5-7-17)9-10-21(13-16,15-19)18(22)23;/h3-7,16H,2,8-15H2,1H3,(H2,22,23);1H/t16?,19-,20-,21?;/m0./s1. The zero-order valence-corrected chi connectivity index (χ0v) is 14.3. The van der Waals surface area contributed by atoms with Gasteiger partial charge in [0.15, 0.2) is 0 Å². The summed E-state index contributed by atoms with van der Waals surface area (Å²) in [4.78, 5) is 12.4. The molecule has 0 radical (unpaired) electrons. The van der Waals surface area contributed by atoms with Gasteiger partial charge in [-0.2, -0.15) is 0 Å². The third-order valence-corrected chi connectivity index (χ3v) is 7.28. The second kappa shape index (κ2) is 5.09. The van der Waals surface area contributed by atoms with Gasteiger partial charge in [-0.05, 0) is 73.7 Å². The molecule has 4 bridgehead atoms. The molecule has 4 saturated carbocycles. The molecule has 1 amide bonds. The Bertz CT molecular complexity index is 618. The van der Waals surface area contributed by atoms with Gasteiger partial charge in [-0.25, -0.2) is 0 Å². The number of primary amides is 1. The van der Waals surface area contributed by atoms with Gasteiger partial charge in [-0.1, -0.05) is 43.7 Å². The van der Waals surface area contributed by atoms with Crippen LogP contribution in [0.2, 0.25) is 0 Å². The van der Waals surface area contributed by atoms with E-state index in [1.54, 1.807) is 0 Å². The number of benzene rings is 1. The maximum Gasteiger partial charge on any atom is 0.223 e. The van der Waals surface area contributed by atoms with E-state index in [1.807, 2.05) is 0 Å². The lowest BCUT2D eigenvalue weighted by atomic mass is 9.49. The van der Waals surface area contributed by atoms with Crippen molar-refractivity contribution in [3.8, 4) is 0 Å². The summed E-state index contributed by atoms with van der Waals surface area (Å²) in [5, 5.41) is 0. The highest BCUT2D eigenvalue weighted by molar-refractivity contribution is 5.81. The predicted octanol–water partition coefficient (Wildman–Crippen LogP) is 4.82. The average molecular weight is 313 g/mol. The summed E-state index contributed by atoms with van der Waals surface area (Å²) in [7, 11) is 0. The molecule has 2 nitrogen and oxygen atoms in total. The number of carbonyl (C=O) groups excluding carboxylic acids is 1. The second-order valence-electron chi connectivity index (χ2n) is 8.87. The Kier molecular flexibility index (Phi) is 3.37. The fourth-order valence-electron chi connectivity index (χ4n) is 6.86. The van der Waals surface area contributed by atoms with Crippen molar-refractivity contribution in [3.05, 3.63) is 35.9 Å². The minimum absolute atomic E-state index is 0. The van der Waals surface area contributed by atoms with Crippen LogP contribution in [-0.2, 0) is 10.2 Å². The number of amides is 1. The first kappa shape index (κ1) is 15.2. The lowest BCUT2D eigenvalue weighted by Crippen LogP contribution is -2.50. The average Bonchev–Trinajstić information content (AvgIpc) is 2.70. The molecule has 0 aromatic heterocycles. The van der Waals surface area contributed by atoms with Crippen LogP contribution in [0.15, 0.2) is 30.3 Å². The summed E-state index contributed by atoms with van der Waals surface area (Å²) < 4.78 is 0. The third-order valence-electron chi connectivity index (χ3n) is 7.28. The normalized spacial score (nSPS) is 41.7. The molecule has 23 heavy (non-hydrogen) atoms. The van der Waals surface area contributed by atoms with Gasteiger partial charge in [0.1, 0.15) is 0 Å². The Morgan fingerprint density at radius 3 is 2.65 bits per heavy atom. The van der Waals surface area contributed by atoms with Crippen molar-refractivity contribution in [1.29, 1.82) is 0 Å². The molecule has 0 saturated heterocycles. The molecule has 5 rings (SSSR count). The van der Waals surface area contributed by atoms with Gasteiger partial charge >= 0.3 is 0 Å². The Labute approximate surface area is 141 Å². The molecule has 4 fully saturated rings. The first-order valence-corrected chi connectivity index (χ1v) is 9.37. The molecule has 4 aliphatic carbocycles. The largest absolute Gasteiger partial charge is 0.369 e. The van der Waals surface area contributed by atoms with E-state index in [1.165, 1.54) is 37.7 Å². The number of nitrogens with two attached hydrogens (primary N) is 1. The van der Waals surface area contributed by atoms with Crippen LogP contribution >= 0.6 is 0 Å². The molecule has 2 N–H and O–H groups in total. The van der Waals surface area contributed by atoms with Gasteiger partial charge in [0.2, 0.25) is 5.91 Å². The van der Waals surface area contributed by atoms with E-state index in [4.69, 9.17) is 5.73 Å². The fourth-order valence-corrected chi connectivity index (χ4v) is 6.86. The van der Waals surface area contributed by atoms with Gasteiger partial charge in [0.05, 0.1) is 0 Å². The Balaban J connectivity index is 0.00000169. The van der Waals surface area contributed by atoms with E-state index < -0.39 is 0 Å². The fraction of sp³-hybridized carbons (Fsp3) is 0.667. The van der Waals surface area contributed by atoms with E-state index in [-0.39, 0.29) is 18.2 Å². The summed E-state index contributed by atoms with van der Waals surface area (Å²) in [6.45, 7) is 2.29. The molecule has 0 spiro atoms. The summed E-state index contributed by atoms with van der Waals surface area (Å²) in [5.41, 5.74) is 7.88. The van der Waals surface area contributed by atoms with Crippen molar-refractivity contribution in [2.75, 3.05) is 0 Å². The number of rotatable bonds is 4. The first-order valence-electron chi connectivity index (χ1n) is 9.37. The molecule has 4 aliphatic rings. The van der Waals surface area contributed by atoms with Crippen molar-refractivity contribution in [3.63, 3.8) is 0 Å². The Morgan fingerprint density at radius 2 is 1.96 bits per heavy atom. The van der Waals surface area contributed by atoms with Crippen LogP contribution in [0.25, 0.3) is 0 Å². The highest BCUT2D eigenvalue weighted by Gasteiger charge is 2.61. The number of hydrogen-bond acceptors (Lipinski definition) is 1. The second-order valence-corrected chi connectivity index (χ2v) is 8.87. The summed E-state index contributed by atoms with van der Waals surface area (Å²) in [5.74, 6) is 0.660. The van der Waals surface area contributed by atoms with Crippen LogP contribution in [0.3, 0.4) is 0 Å². The van der Waals surface area contributed by atoms with Crippen molar-refractivity contribution in [2.24, 2.45) is 22.5 Å². The van der Waals surface area contributed by atoms with Crippen molar-refractivity contribution < 1.29 is 6.22 Å². The zero-order valence-electron chi connectivity index (χ0n) is 14.3. The number of carbonyl (C=O) groups is 1. The van der Waals surface area contributed by atoms with Gasteiger partial charge in [0.25, 0.3) is 0 Å². The van der Waals surface area contributed by atoms with Gasteiger partial charge < -0.3 is 5.73 Å². The highest BCUT2D eigenvalue weighted by Crippen LogP contribution is 2.67. The maximum atomic E-state index is 12.4. The number of hydrogen-bond donors (Lipinski definition) is 1. The van der Waals surface area contributed by atoms with E-state index in [9.17, 15) is 4.79 Å². The minimum atomic E-state index is -0.217. The van der Waals surface area contributed by atoms with Crippen LogP contribution in [0.1, 0.15) is 71.7 Å². The van der Waals surface area contributed by atoms with Gasteiger partial charge in [-0.15, -0.1) is 0 Å². The van der Waals surface area contributed by atoms with Crippen molar-refractivity contribution in [1.82, 2.24) is 0 Å². The van der Waals surface area contributed by atoms with E-state index in [2.05, 4.69) is 37.3 Å². The number of fused-ring (bicyclic) bond motifs is 1. The molecular formula is C21H31NO. The van der Waals surface area contributed by atoms with Crippen LogP contribution in [-0.4, -0.2) is 5.91 Å². The first-order chi connectivity index (χ1) is 11.0. The lowest BCUT2D eigenvalue weighted by molar-refractivity contribution is -0.135. The lowest BCUT2D eigenvalue weighted by Gasteiger charge is -2.55. The quantitative estimate of drug-likeness (QED) is 0.851. The molecule has 1 aromatic rings. The molecule has 2 heteroatoms. The molecule has 4 atom stereocenters. The van der Waals surface area contributed by atoms with Crippen LogP contribution in [0, 0.1) is 16.7 Å². The van der Waals surface area contributed by atoms with Crippen LogP contribution in [0.4, 0.5) is 0 Å². The minimum Gasteiger partial charge on any atom is -0.369 e. The summed E-state index contributed by atoms with van der Waals surface area (Å²) in [6.07, 6.45) is 10.6. The molecule has 0 aliphatic heterocycles. The van der Waals surface area contributed by atoms with Gasteiger partial charge in [-0.3, -0.25) is 4.79 Å². The van der Waals surface area contributed by atoms with Gasteiger partial charge in [0, 0.05) is 6.84 Å².